The second-order valence-corrected chi connectivity index (χ2v) is 10.3. The Kier molecular flexibility index (Phi) is 4.95. The first-order valence-corrected chi connectivity index (χ1v) is 11.8. The van der Waals surface area contributed by atoms with Crippen LogP contribution < -0.4 is 0 Å². The van der Waals surface area contributed by atoms with E-state index in [1.54, 1.807) is 22.7 Å². The van der Waals surface area contributed by atoms with E-state index in [0.29, 0.717) is 0 Å². The second-order valence-electron chi connectivity index (χ2n) is 8.05. The summed E-state index contributed by atoms with van der Waals surface area (Å²) in [5.41, 5.74) is 2.51. The molecule has 6 heteroatoms. The number of piperazine rings is 1. The Morgan fingerprint density at radius 3 is 2.82 bits per heavy atom. The van der Waals surface area contributed by atoms with Crippen LogP contribution in [0.3, 0.4) is 0 Å². The Bertz CT molecular complexity index is 967. The Balaban J connectivity index is 1.20. The van der Waals surface area contributed by atoms with Gasteiger partial charge in [-0.25, -0.2) is 4.98 Å². The summed E-state index contributed by atoms with van der Waals surface area (Å²) >= 11 is 3.51. The molecule has 0 bridgehead atoms. The molecule has 0 unspecified atom stereocenters. The van der Waals surface area contributed by atoms with Crippen LogP contribution in [-0.4, -0.2) is 46.9 Å². The van der Waals surface area contributed by atoms with Gasteiger partial charge >= 0.3 is 0 Å². The number of benzene rings is 1. The van der Waals surface area contributed by atoms with Crippen LogP contribution in [0.4, 0.5) is 0 Å². The van der Waals surface area contributed by atoms with Crippen LogP contribution in [-0.2, 0) is 19.4 Å². The molecule has 1 amide bonds. The molecule has 1 aromatic carbocycles. The fourth-order valence-electron chi connectivity index (χ4n) is 4.25. The van der Waals surface area contributed by atoms with Crippen LogP contribution in [0.15, 0.2) is 30.3 Å². The maximum atomic E-state index is 13.0. The molecule has 3 heterocycles. The average Bonchev–Trinajstić information content (AvgIpc) is 3.31. The standard InChI is InChI=1S/C22H25N3OS2/c1-15-6-7-18-16(12-15)13-20(27-18)22(26)25-10-8-24(9-11-25)14-21-23-17-4-2-3-5-19(17)28-21/h2-5,13,15H,6-12,14H2,1H3/t15-/m0/s1. The number of nitrogens with zero attached hydrogens (tertiary/aromatic N) is 3. The van der Waals surface area contributed by atoms with Gasteiger partial charge in [-0.1, -0.05) is 19.1 Å². The van der Waals surface area contributed by atoms with Gasteiger partial charge in [-0.05, 0) is 48.9 Å². The fourth-order valence-corrected chi connectivity index (χ4v) is 6.44. The van der Waals surface area contributed by atoms with Gasteiger partial charge < -0.3 is 4.90 Å². The van der Waals surface area contributed by atoms with Crippen LogP contribution in [0.25, 0.3) is 10.2 Å². The number of carbonyl (C=O) groups is 1. The molecule has 1 aliphatic heterocycles. The highest BCUT2D eigenvalue weighted by molar-refractivity contribution is 7.18. The molecule has 0 saturated carbocycles. The lowest BCUT2D eigenvalue weighted by Gasteiger charge is -2.34. The molecule has 1 saturated heterocycles. The molecule has 146 valence electrons. The number of hydrogen-bond donors (Lipinski definition) is 0. The molecule has 1 aliphatic carbocycles. The van der Waals surface area contributed by atoms with E-state index in [0.717, 1.165) is 61.9 Å². The van der Waals surface area contributed by atoms with Crippen LogP contribution in [0.1, 0.15) is 38.5 Å². The van der Waals surface area contributed by atoms with E-state index in [2.05, 4.69) is 36.1 Å². The number of fused-ring (bicyclic) bond motifs is 2. The highest BCUT2D eigenvalue weighted by Crippen LogP contribution is 2.33. The molecule has 2 aliphatic rings. The van der Waals surface area contributed by atoms with Crippen molar-refractivity contribution < 1.29 is 4.79 Å². The minimum atomic E-state index is 0.228. The van der Waals surface area contributed by atoms with Crippen molar-refractivity contribution in [2.45, 2.75) is 32.7 Å². The van der Waals surface area contributed by atoms with E-state index in [-0.39, 0.29) is 5.91 Å². The van der Waals surface area contributed by atoms with Gasteiger partial charge in [-0.2, -0.15) is 0 Å². The van der Waals surface area contributed by atoms with Gasteiger partial charge in [0, 0.05) is 31.1 Å². The Morgan fingerprint density at radius 2 is 2.00 bits per heavy atom. The van der Waals surface area contributed by atoms with Crippen LogP contribution in [0.5, 0.6) is 0 Å². The van der Waals surface area contributed by atoms with Crippen molar-refractivity contribution in [3.8, 4) is 0 Å². The third-order valence-electron chi connectivity index (χ3n) is 5.90. The predicted octanol–water partition coefficient (Wildman–Crippen LogP) is 4.44. The largest absolute Gasteiger partial charge is 0.335 e. The number of hydrogen-bond acceptors (Lipinski definition) is 5. The van der Waals surface area contributed by atoms with E-state index < -0.39 is 0 Å². The zero-order valence-electron chi connectivity index (χ0n) is 16.2. The number of aryl methyl sites for hydroxylation is 1. The van der Waals surface area contributed by atoms with Crippen molar-refractivity contribution in [2.24, 2.45) is 5.92 Å². The summed E-state index contributed by atoms with van der Waals surface area (Å²) in [6.45, 7) is 6.65. The first-order valence-electron chi connectivity index (χ1n) is 10.1. The lowest BCUT2D eigenvalue weighted by Crippen LogP contribution is -2.48. The minimum absolute atomic E-state index is 0.228. The SMILES string of the molecule is C[C@H]1CCc2sc(C(=O)N3CCN(Cc4nc5ccccc5s4)CC3)cc2C1. The van der Waals surface area contributed by atoms with Crippen molar-refractivity contribution in [2.75, 3.05) is 26.2 Å². The fraction of sp³-hybridized carbons (Fsp3) is 0.455. The topological polar surface area (TPSA) is 36.4 Å². The number of para-hydroxylation sites is 1. The molecule has 0 spiro atoms. The molecular formula is C22H25N3OS2. The van der Waals surface area contributed by atoms with Gasteiger partial charge in [0.25, 0.3) is 5.91 Å². The van der Waals surface area contributed by atoms with Gasteiger partial charge in [0.15, 0.2) is 0 Å². The average molecular weight is 412 g/mol. The Morgan fingerprint density at radius 1 is 1.18 bits per heavy atom. The summed E-state index contributed by atoms with van der Waals surface area (Å²) in [6, 6.07) is 10.5. The number of carbonyl (C=O) groups excluding carboxylic acids is 1. The van der Waals surface area contributed by atoms with Crippen LogP contribution in [0, 0.1) is 5.92 Å². The minimum Gasteiger partial charge on any atom is -0.335 e. The van der Waals surface area contributed by atoms with Crippen LogP contribution >= 0.6 is 22.7 Å². The van der Waals surface area contributed by atoms with E-state index in [1.165, 1.54) is 26.6 Å². The third kappa shape index (κ3) is 3.61. The van der Waals surface area contributed by atoms with Gasteiger partial charge in [0.2, 0.25) is 0 Å². The van der Waals surface area contributed by atoms with Crippen molar-refractivity contribution in [3.63, 3.8) is 0 Å². The van der Waals surface area contributed by atoms with Gasteiger partial charge in [-0.15, -0.1) is 22.7 Å². The monoisotopic (exact) mass is 411 g/mol. The number of aromatic nitrogens is 1. The summed E-state index contributed by atoms with van der Waals surface area (Å²) < 4.78 is 1.25. The van der Waals surface area contributed by atoms with Gasteiger partial charge in [0.05, 0.1) is 21.6 Å². The van der Waals surface area contributed by atoms with Gasteiger partial charge in [-0.3, -0.25) is 9.69 Å². The van der Waals surface area contributed by atoms with Crippen molar-refractivity contribution in [1.29, 1.82) is 0 Å². The van der Waals surface area contributed by atoms with Crippen molar-refractivity contribution >= 4 is 38.8 Å². The molecule has 28 heavy (non-hydrogen) atoms. The number of thiophene rings is 1. The number of amides is 1. The normalized spacial score (nSPS) is 20.5. The number of rotatable bonds is 3. The maximum absolute atomic E-state index is 13.0. The zero-order chi connectivity index (χ0) is 19.1. The summed E-state index contributed by atoms with van der Waals surface area (Å²) in [5, 5.41) is 1.17. The zero-order valence-corrected chi connectivity index (χ0v) is 17.8. The second kappa shape index (κ2) is 7.58. The van der Waals surface area contributed by atoms with E-state index in [4.69, 9.17) is 4.98 Å². The smallest absolute Gasteiger partial charge is 0.264 e. The summed E-state index contributed by atoms with van der Waals surface area (Å²) in [7, 11) is 0. The highest BCUT2D eigenvalue weighted by Gasteiger charge is 2.26. The molecule has 3 aromatic rings. The van der Waals surface area contributed by atoms with E-state index in [1.807, 2.05) is 11.0 Å². The number of thiazole rings is 1. The Labute approximate surface area is 173 Å². The lowest BCUT2D eigenvalue weighted by atomic mass is 9.90. The molecule has 0 radical (unpaired) electrons. The molecular weight excluding hydrogens is 386 g/mol. The molecule has 1 fully saturated rings. The maximum Gasteiger partial charge on any atom is 0.264 e. The quantitative estimate of drug-likeness (QED) is 0.639. The molecule has 2 aromatic heterocycles. The first kappa shape index (κ1) is 18.3. The third-order valence-corrected chi connectivity index (χ3v) is 8.14. The van der Waals surface area contributed by atoms with Crippen molar-refractivity contribution in [3.05, 3.63) is 50.7 Å². The molecule has 0 N–H and O–H groups in total. The lowest BCUT2D eigenvalue weighted by molar-refractivity contribution is 0.0633. The van der Waals surface area contributed by atoms with Gasteiger partial charge in [0.1, 0.15) is 5.01 Å². The Hall–Kier alpha value is -1.76. The van der Waals surface area contributed by atoms with Crippen LogP contribution in [0.2, 0.25) is 0 Å². The molecule has 5 rings (SSSR count). The van der Waals surface area contributed by atoms with E-state index >= 15 is 0 Å². The van der Waals surface area contributed by atoms with E-state index in [9.17, 15) is 4.79 Å². The highest BCUT2D eigenvalue weighted by atomic mass is 32.1. The van der Waals surface area contributed by atoms with Crippen molar-refractivity contribution in [1.82, 2.24) is 14.8 Å². The summed E-state index contributed by atoms with van der Waals surface area (Å²) in [6.07, 6.45) is 3.53. The summed E-state index contributed by atoms with van der Waals surface area (Å²) in [4.78, 5) is 24.6. The summed E-state index contributed by atoms with van der Waals surface area (Å²) in [5.74, 6) is 0.975. The first-order chi connectivity index (χ1) is 13.7. The molecule has 4 nitrogen and oxygen atoms in total. The molecule has 1 atom stereocenters. The predicted molar refractivity (Wildman–Crippen MR) is 116 cm³/mol.